The molecule has 0 unspecified atom stereocenters. The number of nitrogens with one attached hydrogen (secondary N) is 2. The van der Waals surface area contributed by atoms with Crippen LogP contribution in [-0.2, 0) is 6.54 Å². The molecular formula is C18H17N3O4. The van der Waals surface area contributed by atoms with Gasteiger partial charge in [0.15, 0.2) is 0 Å². The van der Waals surface area contributed by atoms with Gasteiger partial charge in [0.05, 0.1) is 18.6 Å². The van der Waals surface area contributed by atoms with Crippen LogP contribution < -0.4 is 15.6 Å². The number of pyridine rings is 2. The third-order valence-corrected chi connectivity index (χ3v) is 3.49. The van der Waals surface area contributed by atoms with Gasteiger partial charge < -0.3 is 19.5 Å². The van der Waals surface area contributed by atoms with Crippen LogP contribution in [0.3, 0.4) is 0 Å². The van der Waals surface area contributed by atoms with Gasteiger partial charge in [-0.2, -0.15) is 0 Å². The van der Waals surface area contributed by atoms with Crippen molar-refractivity contribution < 1.29 is 13.9 Å². The van der Waals surface area contributed by atoms with E-state index in [-0.39, 0.29) is 12.1 Å². The van der Waals surface area contributed by atoms with E-state index in [0.29, 0.717) is 23.9 Å². The first kappa shape index (κ1) is 16.5. The lowest BCUT2D eigenvalue weighted by molar-refractivity contribution is 0.0949. The van der Waals surface area contributed by atoms with E-state index in [0.717, 1.165) is 5.56 Å². The fourth-order valence-electron chi connectivity index (χ4n) is 2.29. The van der Waals surface area contributed by atoms with Gasteiger partial charge in [-0.25, -0.2) is 4.98 Å². The Bertz CT molecular complexity index is 916. The summed E-state index contributed by atoms with van der Waals surface area (Å²) in [5.41, 5.74) is 0.906. The Hall–Kier alpha value is -3.35. The maximum absolute atomic E-state index is 12.2. The molecule has 0 atom stereocenters. The Morgan fingerprint density at radius 3 is 2.92 bits per heavy atom. The van der Waals surface area contributed by atoms with Crippen molar-refractivity contribution in [3.05, 3.63) is 70.3 Å². The zero-order valence-electron chi connectivity index (χ0n) is 13.6. The first-order chi connectivity index (χ1) is 12.2. The van der Waals surface area contributed by atoms with Crippen LogP contribution in [0.4, 0.5) is 0 Å². The van der Waals surface area contributed by atoms with E-state index in [1.54, 1.807) is 36.5 Å². The van der Waals surface area contributed by atoms with Gasteiger partial charge in [0, 0.05) is 18.8 Å². The van der Waals surface area contributed by atoms with E-state index in [1.165, 1.54) is 12.3 Å². The molecule has 0 radical (unpaired) electrons. The molecule has 128 valence electrons. The zero-order chi connectivity index (χ0) is 17.6. The molecule has 7 heteroatoms. The highest BCUT2D eigenvalue weighted by Gasteiger charge is 2.12. The number of carbonyl (C=O) groups is 1. The first-order valence-electron chi connectivity index (χ1n) is 7.80. The Kier molecular flexibility index (Phi) is 4.94. The number of rotatable bonds is 6. The number of nitrogens with zero attached hydrogens (tertiary/aromatic N) is 1. The zero-order valence-corrected chi connectivity index (χ0v) is 13.6. The highest BCUT2D eigenvalue weighted by Crippen LogP contribution is 2.15. The number of hydrogen-bond acceptors (Lipinski definition) is 5. The summed E-state index contributed by atoms with van der Waals surface area (Å²) in [5.74, 6) is 0.571. The molecule has 0 aromatic carbocycles. The fourth-order valence-corrected chi connectivity index (χ4v) is 2.29. The smallest absolute Gasteiger partial charge is 0.261 e. The van der Waals surface area contributed by atoms with Crippen LogP contribution >= 0.6 is 0 Å². The van der Waals surface area contributed by atoms with Crippen molar-refractivity contribution in [2.45, 2.75) is 13.5 Å². The van der Waals surface area contributed by atoms with Crippen molar-refractivity contribution in [1.29, 1.82) is 0 Å². The van der Waals surface area contributed by atoms with Gasteiger partial charge in [-0.05, 0) is 42.8 Å². The molecule has 0 saturated heterocycles. The molecule has 0 aliphatic rings. The summed E-state index contributed by atoms with van der Waals surface area (Å²) in [4.78, 5) is 31.1. The molecule has 2 N–H and O–H groups in total. The lowest BCUT2D eigenvalue weighted by atomic mass is 10.2. The lowest BCUT2D eigenvalue weighted by Gasteiger charge is -2.07. The fraction of sp³-hybridized carbons (Fsp3) is 0.167. The molecule has 25 heavy (non-hydrogen) atoms. The van der Waals surface area contributed by atoms with Crippen molar-refractivity contribution in [2.75, 3.05) is 6.61 Å². The van der Waals surface area contributed by atoms with E-state index in [2.05, 4.69) is 15.3 Å². The number of aromatic amines is 1. The summed E-state index contributed by atoms with van der Waals surface area (Å²) in [7, 11) is 0. The minimum absolute atomic E-state index is 0.0365. The number of furan rings is 1. The maximum Gasteiger partial charge on any atom is 0.261 e. The highest BCUT2D eigenvalue weighted by molar-refractivity contribution is 5.93. The van der Waals surface area contributed by atoms with E-state index < -0.39 is 11.5 Å². The molecule has 0 fully saturated rings. The molecule has 0 bridgehead atoms. The monoisotopic (exact) mass is 339 g/mol. The molecule has 7 nitrogen and oxygen atoms in total. The summed E-state index contributed by atoms with van der Waals surface area (Å²) in [6.07, 6.45) is 3.12. The molecule has 3 aromatic heterocycles. The standard InChI is InChI=1S/C18H17N3O4/c1-2-24-16-10-12(7-8-19-16)11-20-17(22)13-5-6-14(21-18(13)23)15-4-3-9-25-15/h3-10H,2,11H2,1H3,(H,20,22)(H,21,23). The Morgan fingerprint density at radius 1 is 1.32 bits per heavy atom. The Balaban J connectivity index is 1.69. The summed E-state index contributed by atoms with van der Waals surface area (Å²) in [5, 5.41) is 2.71. The van der Waals surface area contributed by atoms with Crippen LogP contribution in [0.2, 0.25) is 0 Å². The molecule has 0 aliphatic heterocycles. The Morgan fingerprint density at radius 2 is 2.20 bits per heavy atom. The van der Waals surface area contributed by atoms with E-state index in [1.807, 2.05) is 6.92 Å². The number of ether oxygens (including phenoxy) is 1. The van der Waals surface area contributed by atoms with Crippen LogP contribution in [0.5, 0.6) is 5.88 Å². The van der Waals surface area contributed by atoms with Gasteiger partial charge in [0.2, 0.25) is 5.88 Å². The van der Waals surface area contributed by atoms with Gasteiger partial charge >= 0.3 is 0 Å². The molecule has 3 heterocycles. The number of hydrogen-bond donors (Lipinski definition) is 2. The van der Waals surface area contributed by atoms with E-state index in [9.17, 15) is 9.59 Å². The van der Waals surface area contributed by atoms with E-state index >= 15 is 0 Å². The Labute approximate surface area is 143 Å². The minimum Gasteiger partial charge on any atom is -0.478 e. The molecule has 0 aliphatic carbocycles. The quantitative estimate of drug-likeness (QED) is 0.718. The van der Waals surface area contributed by atoms with Gasteiger partial charge in [-0.1, -0.05) is 0 Å². The second kappa shape index (κ2) is 7.48. The molecule has 1 amide bonds. The second-order valence-electron chi connectivity index (χ2n) is 5.21. The van der Waals surface area contributed by atoms with Crippen LogP contribution in [0.1, 0.15) is 22.8 Å². The minimum atomic E-state index is -0.476. The normalized spacial score (nSPS) is 10.4. The molecule has 0 saturated carbocycles. The molecule has 3 rings (SSSR count). The molecule has 0 spiro atoms. The number of amides is 1. The number of aromatic nitrogens is 2. The maximum atomic E-state index is 12.2. The van der Waals surface area contributed by atoms with Crippen molar-refractivity contribution in [3.63, 3.8) is 0 Å². The second-order valence-corrected chi connectivity index (χ2v) is 5.21. The summed E-state index contributed by atoms with van der Waals surface area (Å²) in [6, 6.07) is 10.1. The van der Waals surface area contributed by atoms with Crippen molar-refractivity contribution in [2.24, 2.45) is 0 Å². The van der Waals surface area contributed by atoms with Crippen LogP contribution in [0, 0.1) is 0 Å². The lowest BCUT2D eigenvalue weighted by Crippen LogP contribution is -2.29. The van der Waals surface area contributed by atoms with Crippen LogP contribution in [0.15, 0.2) is 58.1 Å². The first-order valence-corrected chi connectivity index (χ1v) is 7.80. The van der Waals surface area contributed by atoms with Gasteiger partial charge in [0.1, 0.15) is 11.3 Å². The SMILES string of the molecule is CCOc1cc(CNC(=O)c2ccc(-c3ccco3)[nH]c2=O)ccn1. The predicted octanol–water partition coefficient (Wildman–Crippen LogP) is 2.36. The highest BCUT2D eigenvalue weighted by atomic mass is 16.5. The number of H-pyrrole nitrogens is 1. The van der Waals surface area contributed by atoms with Crippen LogP contribution in [-0.4, -0.2) is 22.5 Å². The van der Waals surface area contributed by atoms with Crippen LogP contribution in [0.25, 0.3) is 11.5 Å². The van der Waals surface area contributed by atoms with Gasteiger partial charge in [-0.15, -0.1) is 0 Å². The average molecular weight is 339 g/mol. The molecule has 3 aromatic rings. The summed E-state index contributed by atoms with van der Waals surface area (Å²) in [6.45, 7) is 2.65. The third-order valence-electron chi connectivity index (χ3n) is 3.49. The predicted molar refractivity (Wildman–Crippen MR) is 91.3 cm³/mol. The summed E-state index contributed by atoms with van der Waals surface area (Å²) < 4.78 is 10.5. The van der Waals surface area contributed by atoms with Crippen molar-refractivity contribution in [1.82, 2.24) is 15.3 Å². The van der Waals surface area contributed by atoms with Gasteiger partial charge in [0.25, 0.3) is 11.5 Å². The van der Waals surface area contributed by atoms with Crippen molar-refractivity contribution in [3.8, 4) is 17.3 Å². The van der Waals surface area contributed by atoms with E-state index in [4.69, 9.17) is 9.15 Å². The number of carbonyl (C=O) groups excluding carboxylic acids is 1. The largest absolute Gasteiger partial charge is 0.478 e. The topological polar surface area (TPSA) is 97.2 Å². The van der Waals surface area contributed by atoms with Gasteiger partial charge in [-0.3, -0.25) is 9.59 Å². The molecular weight excluding hydrogens is 322 g/mol. The average Bonchev–Trinajstić information content (AvgIpc) is 3.15. The van der Waals surface area contributed by atoms with Crippen molar-refractivity contribution >= 4 is 5.91 Å². The third kappa shape index (κ3) is 3.95. The summed E-state index contributed by atoms with van der Waals surface area (Å²) >= 11 is 0.